The summed E-state index contributed by atoms with van der Waals surface area (Å²) in [5.41, 5.74) is 7.80. The Kier molecular flexibility index (Phi) is 3.26. The second kappa shape index (κ2) is 4.69. The van der Waals surface area contributed by atoms with Gasteiger partial charge in [0.05, 0.1) is 12.2 Å². The average molecular weight is 233 g/mol. The molecule has 1 heterocycles. The van der Waals surface area contributed by atoms with E-state index in [2.05, 4.69) is 15.0 Å². The summed E-state index contributed by atoms with van der Waals surface area (Å²) in [6.45, 7) is 4.37. The molecule has 1 aliphatic rings. The molecule has 1 aromatic rings. The summed E-state index contributed by atoms with van der Waals surface area (Å²) >= 11 is 0. The lowest BCUT2D eigenvalue weighted by molar-refractivity contribution is 0.487. The van der Waals surface area contributed by atoms with Crippen molar-refractivity contribution in [3.05, 3.63) is 23.3 Å². The number of hydrogen-bond donors (Lipinski definition) is 1. The maximum absolute atomic E-state index is 5.91. The van der Waals surface area contributed by atoms with Gasteiger partial charge >= 0.3 is 0 Å². The molecule has 0 amide bonds. The first-order valence-corrected chi connectivity index (χ1v) is 5.90. The molecule has 2 rings (SSSR count). The first-order valence-electron chi connectivity index (χ1n) is 5.90. The lowest BCUT2D eigenvalue weighted by Crippen LogP contribution is -2.35. The summed E-state index contributed by atoms with van der Waals surface area (Å²) < 4.78 is 0. The minimum absolute atomic E-state index is 0.521. The van der Waals surface area contributed by atoms with Gasteiger partial charge < -0.3 is 10.6 Å². The summed E-state index contributed by atoms with van der Waals surface area (Å²) in [5.74, 6) is 1.38. The van der Waals surface area contributed by atoms with Crippen molar-refractivity contribution in [1.29, 1.82) is 0 Å². The number of aryl methyl sites for hydroxylation is 2. The molecule has 5 heteroatoms. The Morgan fingerprint density at radius 3 is 2.76 bits per heavy atom. The van der Waals surface area contributed by atoms with Crippen molar-refractivity contribution in [2.45, 2.75) is 39.3 Å². The average Bonchev–Trinajstić information content (AvgIpc) is 3.07. The third-order valence-corrected chi connectivity index (χ3v) is 2.88. The summed E-state index contributed by atoms with van der Waals surface area (Å²) in [5, 5.41) is 0. The van der Waals surface area contributed by atoms with Crippen LogP contribution >= 0.6 is 0 Å². The van der Waals surface area contributed by atoms with E-state index < -0.39 is 0 Å². The second-order valence-corrected chi connectivity index (χ2v) is 4.56. The molecular formula is C12H19N5. The predicted molar refractivity (Wildman–Crippen MR) is 67.6 cm³/mol. The molecule has 0 saturated heterocycles. The molecule has 0 aromatic carbocycles. The first kappa shape index (κ1) is 11.8. The highest BCUT2D eigenvalue weighted by molar-refractivity contribution is 5.78. The van der Waals surface area contributed by atoms with E-state index in [-0.39, 0.29) is 0 Å². The van der Waals surface area contributed by atoms with E-state index in [0.717, 1.165) is 17.2 Å². The van der Waals surface area contributed by atoms with Gasteiger partial charge in [0.25, 0.3) is 0 Å². The Morgan fingerprint density at radius 1 is 1.47 bits per heavy atom. The fourth-order valence-corrected chi connectivity index (χ4v) is 1.80. The van der Waals surface area contributed by atoms with Crippen LogP contribution in [0, 0.1) is 13.8 Å². The molecule has 1 saturated carbocycles. The van der Waals surface area contributed by atoms with Crippen molar-refractivity contribution in [2.75, 3.05) is 7.05 Å². The van der Waals surface area contributed by atoms with Crippen molar-refractivity contribution in [3.63, 3.8) is 0 Å². The third kappa shape index (κ3) is 3.15. The zero-order valence-corrected chi connectivity index (χ0v) is 10.6. The van der Waals surface area contributed by atoms with Gasteiger partial charge in [-0.15, -0.1) is 0 Å². The van der Waals surface area contributed by atoms with Crippen LogP contribution in [0.4, 0.5) is 0 Å². The molecule has 0 aliphatic heterocycles. The van der Waals surface area contributed by atoms with Gasteiger partial charge in [-0.1, -0.05) is 0 Å². The van der Waals surface area contributed by atoms with Crippen LogP contribution in [0.2, 0.25) is 0 Å². The number of guanidine groups is 1. The Morgan fingerprint density at radius 2 is 2.18 bits per heavy atom. The van der Waals surface area contributed by atoms with Gasteiger partial charge in [-0.3, -0.25) is 0 Å². The number of hydrogen-bond acceptors (Lipinski definition) is 3. The van der Waals surface area contributed by atoms with E-state index in [1.54, 1.807) is 0 Å². The number of rotatable bonds is 3. The third-order valence-electron chi connectivity index (χ3n) is 2.88. The highest BCUT2D eigenvalue weighted by Crippen LogP contribution is 2.24. The Hall–Kier alpha value is -1.65. The van der Waals surface area contributed by atoms with E-state index >= 15 is 0 Å². The van der Waals surface area contributed by atoms with Crippen LogP contribution in [0.1, 0.15) is 30.1 Å². The molecule has 1 aliphatic carbocycles. The molecule has 1 fully saturated rings. The van der Waals surface area contributed by atoms with E-state index in [0.29, 0.717) is 18.5 Å². The maximum atomic E-state index is 5.91. The van der Waals surface area contributed by atoms with Gasteiger partial charge in [0, 0.05) is 18.8 Å². The van der Waals surface area contributed by atoms with E-state index in [1.807, 2.05) is 31.9 Å². The smallest absolute Gasteiger partial charge is 0.191 e. The van der Waals surface area contributed by atoms with Gasteiger partial charge in [0.2, 0.25) is 0 Å². The Bertz CT molecular complexity index is 416. The quantitative estimate of drug-likeness (QED) is 0.625. The normalized spacial score (nSPS) is 16.1. The van der Waals surface area contributed by atoms with E-state index in [1.165, 1.54) is 12.8 Å². The summed E-state index contributed by atoms with van der Waals surface area (Å²) in [6, 6.07) is 2.54. The largest absolute Gasteiger partial charge is 0.370 e. The van der Waals surface area contributed by atoms with Gasteiger partial charge in [0.1, 0.15) is 5.82 Å². The van der Waals surface area contributed by atoms with Gasteiger partial charge in [-0.05, 0) is 32.8 Å². The zero-order chi connectivity index (χ0) is 12.4. The minimum Gasteiger partial charge on any atom is -0.370 e. The van der Waals surface area contributed by atoms with E-state index in [9.17, 15) is 0 Å². The summed E-state index contributed by atoms with van der Waals surface area (Å²) in [4.78, 5) is 15.0. The Balaban J connectivity index is 2.02. The molecule has 0 radical (unpaired) electrons. The number of nitrogens with two attached hydrogens (primary N) is 1. The van der Waals surface area contributed by atoms with Crippen LogP contribution in [0.25, 0.3) is 0 Å². The SMILES string of the molecule is Cc1cc(CN=C(N)N(C)C2CC2)nc(C)n1. The van der Waals surface area contributed by atoms with Gasteiger partial charge in [-0.2, -0.15) is 0 Å². The summed E-state index contributed by atoms with van der Waals surface area (Å²) in [6.07, 6.45) is 2.44. The van der Waals surface area contributed by atoms with Crippen LogP contribution in [-0.2, 0) is 6.54 Å². The van der Waals surface area contributed by atoms with Gasteiger partial charge in [0.15, 0.2) is 5.96 Å². The van der Waals surface area contributed by atoms with Crippen LogP contribution in [-0.4, -0.2) is 33.9 Å². The maximum Gasteiger partial charge on any atom is 0.191 e. The van der Waals surface area contributed by atoms with Crippen molar-refractivity contribution >= 4 is 5.96 Å². The number of nitrogens with zero attached hydrogens (tertiary/aromatic N) is 4. The standard InChI is InChI=1S/C12H19N5/c1-8-6-10(16-9(2)15-8)7-14-12(13)17(3)11-4-5-11/h6,11H,4-5,7H2,1-3H3,(H2,13,14). The molecule has 5 nitrogen and oxygen atoms in total. The molecule has 0 atom stereocenters. The molecule has 17 heavy (non-hydrogen) atoms. The fraction of sp³-hybridized carbons (Fsp3) is 0.583. The minimum atomic E-state index is 0.521. The summed E-state index contributed by atoms with van der Waals surface area (Å²) in [7, 11) is 1.99. The van der Waals surface area contributed by atoms with Crippen LogP contribution in [0.3, 0.4) is 0 Å². The molecule has 2 N–H and O–H groups in total. The highest BCUT2D eigenvalue weighted by atomic mass is 15.3. The highest BCUT2D eigenvalue weighted by Gasteiger charge is 2.27. The molecule has 0 unspecified atom stereocenters. The second-order valence-electron chi connectivity index (χ2n) is 4.56. The van der Waals surface area contributed by atoms with Crippen LogP contribution < -0.4 is 5.73 Å². The topological polar surface area (TPSA) is 67.4 Å². The van der Waals surface area contributed by atoms with Crippen molar-refractivity contribution < 1.29 is 0 Å². The van der Waals surface area contributed by atoms with Crippen molar-refractivity contribution in [3.8, 4) is 0 Å². The van der Waals surface area contributed by atoms with Gasteiger partial charge in [-0.25, -0.2) is 15.0 Å². The molecule has 1 aromatic heterocycles. The van der Waals surface area contributed by atoms with Crippen molar-refractivity contribution in [1.82, 2.24) is 14.9 Å². The van der Waals surface area contributed by atoms with Crippen LogP contribution in [0.5, 0.6) is 0 Å². The number of aliphatic imine (C=N–C) groups is 1. The zero-order valence-electron chi connectivity index (χ0n) is 10.6. The molecular weight excluding hydrogens is 214 g/mol. The van der Waals surface area contributed by atoms with E-state index in [4.69, 9.17) is 5.73 Å². The fourth-order valence-electron chi connectivity index (χ4n) is 1.80. The Labute approximate surface area is 102 Å². The lowest BCUT2D eigenvalue weighted by Gasteiger charge is -2.16. The lowest BCUT2D eigenvalue weighted by atomic mass is 10.3. The molecule has 0 spiro atoms. The number of aromatic nitrogens is 2. The first-order chi connectivity index (χ1) is 8.06. The monoisotopic (exact) mass is 233 g/mol. The molecule has 92 valence electrons. The van der Waals surface area contributed by atoms with Crippen LogP contribution in [0.15, 0.2) is 11.1 Å². The molecule has 0 bridgehead atoms. The van der Waals surface area contributed by atoms with Crippen molar-refractivity contribution in [2.24, 2.45) is 10.7 Å². The predicted octanol–water partition coefficient (Wildman–Crippen LogP) is 1.00.